The highest BCUT2D eigenvalue weighted by atomic mass is 16.5. The third-order valence-corrected chi connectivity index (χ3v) is 0.991. The molecule has 0 bridgehead atoms. The zero-order valence-corrected chi connectivity index (χ0v) is 6.18. The van der Waals surface area contributed by atoms with Crippen molar-refractivity contribution >= 4 is 5.97 Å². The number of nitrogens with zero attached hydrogens (tertiary/aromatic N) is 1. The van der Waals surface area contributed by atoms with E-state index in [1.165, 1.54) is 7.11 Å². The van der Waals surface area contributed by atoms with Crippen LogP contribution >= 0.6 is 0 Å². The van der Waals surface area contributed by atoms with Crippen molar-refractivity contribution in [2.24, 2.45) is 0 Å². The van der Waals surface area contributed by atoms with Crippen LogP contribution in [0.4, 0.5) is 0 Å². The first-order valence-electron chi connectivity index (χ1n) is 2.88. The van der Waals surface area contributed by atoms with E-state index in [0.29, 0.717) is 6.42 Å². The number of ether oxygens (including phenoxy) is 1. The maximum Gasteiger partial charge on any atom is 0.306 e. The van der Waals surface area contributed by atoms with Gasteiger partial charge in [-0.2, -0.15) is 0 Å². The lowest BCUT2D eigenvalue weighted by Crippen LogP contribution is -2.17. The standard InChI is InChI=1S/C6H13NO2/c1-7(2)5-4-6(8)9-3/h4-5H2,1-3H3. The van der Waals surface area contributed by atoms with Crippen LogP contribution in [-0.2, 0) is 9.53 Å². The molecular weight excluding hydrogens is 118 g/mol. The minimum absolute atomic E-state index is 0.149. The first-order chi connectivity index (χ1) is 4.16. The normalized spacial score (nSPS) is 9.78. The Kier molecular flexibility index (Phi) is 4.05. The fourth-order valence-electron chi connectivity index (χ4n) is 0.417. The molecule has 0 radical (unpaired) electrons. The van der Waals surface area contributed by atoms with Gasteiger partial charge in [-0.1, -0.05) is 0 Å². The molecule has 9 heavy (non-hydrogen) atoms. The number of hydrogen-bond acceptors (Lipinski definition) is 3. The van der Waals surface area contributed by atoms with Gasteiger partial charge in [0.15, 0.2) is 0 Å². The van der Waals surface area contributed by atoms with Gasteiger partial charge >= 0.3 is 5.97 Å². The SMILES string of the molecule is COC(=O)CCN(C)C. The molecule has 0 aliphatic carbocycles. The molecule has 0 fully saturated rings. The van der Waals surface area contributed by atoms with Crippen LogP contribution in [0, 0.1) is 0 Å². The first-order valence-corrected chi connectivity index (χ1v) is 2.88. The van der Waals surface area contributed by atoms with Crippen molar-refractivity contribution in [2.75, 3.05) is 27.7 Å². The van der Waals surface area contributed by atoms with Crippen LogP contribution in [0.3, 0.4) is 0 Å². The van der Waals surface area contributed by atoms with E-state index in [1.54, 1.807) is 0 Å². The van der Waals surface area contributed by atoms with E-state index < -0.39 is 0 Å². The Hall–Kier alpha value is -0.570. The van der Waals surface area contributed by atoms with Crippen molar-refractivity contribution in [2.45, 2.75) is 6.42 Å². The molecule has 0 heterocycles. The lowest BCUT2D eigenvalue weighted by atomic mass is 10.4. The number of carbonyl (C=O) groups excluding carboxylic acids is 1. The van der Waals surface area contributed by atoms with Crippen LogP contribution in [0.15, 0.2) is 0 Å². The smallest absolute Gasteiger partial charge is 0.306 e. The van der Waals surface area contributed by atoms with Gasteiger partial charge in [0.25, 0.3) is 0 Å². The molecule has 0 rings (SSSR count). The number of hydrogen-bond donors (Lipinski definition) is 0. The zero-order valence-electron chi connectivity index (χ0n) is 6.18. The van der Waals surface area contributed by atoms with Crippen molar-refractivity contribution in [3.8, 4) is 0 Å². The largest absolute Gasteiger partial charge is 0.469 e. The molecule has 0 aliphatic heterocycles. The molecule has 0 saturated heterocycles. The third kappa shape index (κ3) is 5.30. The molecule has 0 saturated carbocycles. The molecule has 0 atom stereocenters. The van der Waals surface area contributed by atoms with Gasteiger partial charge in [-0.3, -0.25) is 4.79 Å². The Morgan fingerprint density at radius 2 is 2.11 bits per heavy atom. The van der Waals surface area contributed by atoms with E-state index in [-0.39, 0.29) is 5.97 Å². The lowest BCUT2D eigenvalue weighted by molar-refractivity contribution is -0.140. The van der Waals surface area contributed by atoms with Crippen LogP contribution in [0.25, 0.3) is 0 Å². The van der Waals surface area contributed by atoms with Crippen LogP contribution in [0.5, 0.6) is 0 Å². The summed E-state index contributed by atoms with van der Waals surface area (Å²) in [6.07, 6.45) is 0.476. The van der Waals surface area contributed by atoms with Gasteiger partial charge in [0, 0.05) is 6.54 Å². The van der Waals surface area contributed by atoms with E-state index in [9.17, 15) is 4.79 Å². The van der Waals surface area contributed by atoms with Crippen LogP contribution in [0.2, 0.25) is 0 Å². The van der Waals surface area contributed by atoms with Crippen LogP contribution in [0.1, 0.15) is 6.42 Å². The summed E-state index contributed by atoms with van der Waals surface area (Å²) in [6.45, 7) is 0.757. The van der Waals surface area contributed by atoms with Gasteiger partial charge in [-0.25, -0.2) is 0 Å². The summed E-state index contributed by atoms with van der Waals surface area (Å²) in [6, 6.07) is 0. The van der Waals surface area contributed by atoms with Crippen molar-refractivity contribution in [1.29, 1.82) is 0 Å². The zero-order chi connectivity index (χ0) is 7.28. The van der Waals surface area contributed by atoms with E-state index in [4.69, 9.17) is 0 Å². The Morgan fingerprint density at radius 3 is 2.44 bits per heavy atom. The number of esters is 1. The summed E-state index contributed by atoms with van der Waals surface area (Å²) >= 11 is 0. The molecule has 3 nitrogen and oxygen atoms in total. The van der Waals surface area contributed by atoms with E-state index in [2.05, 4.69) is 4.74 Å². The summed E-state index contributed by atoms with van der Waals surface area (Å²) < 4.78 is 4.43. The van der Waals surface area contributed by atoms with Crippen molar-refractivity contribution in [1.82, 2.24) is 4.90 Å². The fraction of sp³-hybridized carbons (Fsp3) is 0.833. The molecule has 0 N–H and O–H groups in total. The molecule has 3 heteroatoms. The molecular formula is C6H13NO2. The number of carbonyl (C=O) groups is 1. The molecule has 54 valence electrons. The van der Waals surface area contributed by atoms with E-state index in [1.807, 2.05) is 19.0 Å². The molecule has 0 spiro atoms. The second kappa shape index (κ2) is 4.32. The highest BCUT2D eigenvalue weighted by Gasteiger charge is 1.98. The van der Waals surface area contributed by atoms with Gasteiger partial charge in [0.05, 0.1) is 13.5 Å². The Bertz CT molecular complexity index is 91.1. The lowest BCUT2D eigenvalue weighted by Gasteiger charge is -2.06. The average molecular weight is 131 g/mol. The maximum atomic E-state index is 10.5. The summed E-state index contributed by atoms with van der Waals surface area (Å²) in [7, 11) is 5.24. The molecule has 0 aliphatic rings. The van der Waals surface area contributed by atoms with Gasteiger partial charge in [0.2, 0.25) is 0 Å². The first kappa shape index (κ1) is 8.43. The van der Waals surface area contributed by atoms with Gasteiger partial charge in [-0.05, 0) is 14.1 Å². The Morgan fingerprint density at radius 1 is 1.56 bits per heavy atom. The fourth-order valence-corrected chi connectivity index (χ4v) is 0.417. The summed E-state index contributed by atoms with van der Waals surface area (Å²) in [5.41, 5.74) is 0. The van der Waals surface area contributed by atoms with Crippen LogP contribution < -0.4 is 0 Å². The minimum Gasteiger partial charge on any atom is -0.469 e. The molecule has 0 aromatic carbocycles. The van der Waals surface area contributed by atoms with Crippen molar-refractivity contribution in [3.05, 3.63) is 0 Å². The quantitative estimate of drug-likeness (QED) is 0.509. The topological polar surface area (TPSA) is 29.5 Å². The van der Waals surface area contributed by atoms with Crippen LogP contribution in [-0.4, -0.2) is 38.6 Å². The van der Waals surface area contributed by atoms with Crippen molar-refractivity contribution < 1.29 is 9.53 Å². The predicted octanol–water partition coefficient (Wildman–Crippen LogP) is 0.111. The molecule has 0 unspecified atom stereocenters. The van der Waals surface area contributed by atoms with Gasteiger partial charge in [-0.15, -0.1) is 0 Å². The summed E-state index contributed by atoms with van der Waals surface area (Å²) in [5, 5.41) is 0. The van der Waals surface area contributed by atoms with Gasteiger partial charge < -0.3 is 9.64 Å². The summed E-state index contributed by atoms with van der Waals surface area (Å²) in [5.74, 6) is -0.149. The highest BCUT2D eigenvalue weighted by molar-refractivity contribution is 5.69. The minimum atomic E-state index is -0.149. The molecule has 0 amide bonds. The second-order valence-corrected chi connectivity index (χ2v) is 2.13. The second-order valence-electron chi connectivity index (χ2n) is 2.13. The predicted molar refractivity (Wildman–Crippen MR) is 35.2 cm³/mol. The van der Waals surface area contributed by atoms with Crippen molar-refractivity contribution in [3.63, 3.8) is 0 Å². The molecule has 0 aromatic rings. The monoisotopic (exact) mass is 131 g/mol. The Labute approximate surface area is 55.6 Å². The third-order valence-electron chi connectivity index (χ3n) is 0.991. The Balaban J connectivity index is 3.17. The van der Waals surface area contributed by atoms with E-state index >= 15 is 0 Å². The highest BCUT2D eigenvalue weighted by Crippen LogP contribution is 1.84. The summed E-state index contributed by atoms with van der Waals surface area (Å²) in [4.78, 5) is 12.4. The number of rotatable bonds is 3. The van der Waals surface area contributed by atoms with E-state index in [0.717, 1.165) is 6.54 Å². The molecule has 0 aromatic heterocycles. The number of methoxy groups -OCH3 is 1. The van der Waals surface area contributed by atoms with Gasteiger partial charge in [0.1, 0.15) is 0 Å². The maximum absolute atomic E-state index is 10.5. The average Bonchev–Trinajstić information content (AvgIpc) is 1.83.